The van der Waals surface area contributed by atoms with Gasteiger partial charge in [-0.3, -0.25) is 9.78 Å². The van der Waals surface area contributed by atoms with Crippen LogP contribution in [0.2, 0.25) is 0 Å². The number of anilines is 1. The molecule has 1 N–H and O–H groups in total. The summed E-state index contributed by atoms with van der Waals surface area (Å²) in [5.41, 5.74) is -0.880. The van der Waals surface area contributed by atoms with Gasteiger partial charge in [0.1, 0.15) is 17.4 Å². The molecule has 0 aliphatic heterocycles. The monoisotopic (exact) mass is 259 g/mol. The number of hydrogen-bond donors (Lipinski definition) is 1. The van der Waals surface area contributed by atoms with Crippen LogP contribution >= 0.6 is 0 Å². The fraction of sp³-hybridized carbons (Fsp3) is 0. The van der Waals surface area contributed by atoms with E-state index >= 15 is 0 Å². The highest BCUT2D eigenvalue weighted by Crippen LogP contribution is 2.18. The number of amides is 1. The van der Waals surface area contributed by atoms with Gasteiger partial charge < -0.3 is 5.32 Å². The number of benzene rings is 1. The van der Waals surface area contributed by atoms with Crippen molar-refractivity contribution >= 4 is 11.6 Å². The lowest BCUT2D eigenvalue weighted by molar-refractivity contribution is 0.101. The molecule has 0 unspecified atom stereocenters. The molecule has 4 nitrogen and oxygen atoms in total. The summed E-state index contributed by atoms with van der Waals surface area (Å²) in [5.74, 6) is -3.18. The second kappa shape index (κ2) is 5.23. The number of pyridine rings is 1. The normalized spacial score (nSPS) is 9.74. The lowest BCUT2D eigenvalue weighted by Gasteiger charge is -2.07. The summed E-state index contributed by atoms with van der Waals surface area (Å²) in [6.07, 6.45) is 2.83. The Hall–Kier alpha value is -2.81. The van der Waals surface area contributed by atoms with Crippen LogP contribution in [0, 0.1) is 23.0 Å². The quantitative estimate of drug-likeness (QED) is 0.901. The van der Waals surface area contributed by atoms with E-state index in [1.807, 2.05) is 0 Å². The van der Waals surface area contributed by atoms with Gasteiger partial charge in [0.05, 0.1) is 17.4 Å². The number of hydrogen-bond acceptors (Lipinski definition) is 3. The van der Waals surface area contributed by atoms with E-state index in [2.05, 4.69) is 10.3 Å². The first-order chi connectivity index (χ1) is 9.13. The van der Waals surface area contributed by atoms with Crippen LogP contribution in [0.4, 0.5) is 14.5 Å². The van der Waals surface area contributed by atoms with Crippen LogP contribution in [0.15, 0.2) is 36.7 Å². The van der Waals surface area contributed by atoms with Crippen molar-refractivity contribution in [1.29, 1.82) is 5.26 Å². The Morgan fingerprint density at radius 2 is 2.11 bits per heavy atom. The maximum absolute atomic E-state index is 13.7. The van der Waals surface area contributed by atoms with Crippen LogP contribution in [0.3, 0.4) is 0 Å². The van der Waals surface area contributed by atoms with Crippen molar-refractivity contribution in [2.75, 3.05) is 5.32 Å². The van der Waals surface area contributed by atoms with Crippen molar-refractivity contribution in [2.45, 2.75) is 0 Å². The van der Waals surface area contributed by atoms with Gasteiger partial charge >= 0.3 is 0 Å². The summed E-state index contributed by atoms with van der Waals surface area (Å²) >= 11 is 0. The molecule has 0 bridgehead atoms. The van der Waals surface area contributed by atoms with Crippen LogP contribution in [-0.2, 0) is 0 Å². The Morgan fingerprint density at radius 1 is 1.32 bits per heavy atom. The highest BCUT2D eigenvalue weighted by Gasteiger charge is 2.20. The third-order valence-electron chi connectivity index (χ3n) is 2.36. The van der Waals surface area contributed by atoms with Gasteiger partial charge in [-0.2, -0.15) is 5.26 Å². The zero-order valence-corrected chi connectivity index (χ0v) is 9.52. The molecule has 0 aliphatic rings. The molecule has 2 rings (SSSR count). The van der Waals surface area contributed by atoms with Crippen molar-refractivity contribution in [1.82, 2.24) is 4.98 Å². The number of halogens is 2. The van der Waals surface area contributed by atoms with Gasteiger partial charge in [0.2, 0.25) is 0 Å². The standard InChI is InChI=1S/C13H7F2N3O/c14-10-4-3-8(6-16)12(15)11(10)13(19)18-9-2-1-5-17-7-9/h1-5,7H,(H,18,19). The van der Waals surface area contributed by atoms with Gasteiger partial charge in [0, 0.05) is 6.20 Å². The molecule has 0 atom stereocenters. The van der Waals surface area contributed by atoms with Gasteiger partial charge in [-0.1, -0.05) is 0 Å². The topological polar surface area (TPSA) is 65.8 Å². The molecule has 94 valence electrons. The smallest absolute Gasteiger partial charge is 0.261 e. The minimum atomic E-state index is -1.18. The van der Waals surface area contributed by atoms with Gasteiger partial charge in [0.25, 0.3) is 5.91 Å². The van der Waals surface area contributed by atoms with Crippen molar-refractivity contribution in [3.8, 4) is 6.07 Å². The number of carbonyl (C=O) groups excluding carboxylic acids is 1. The van der Waals surface area contributed by atoms with Gasteiger partial charge in [-0.15, -0.1) is 0 Å². The molecular formula is C13H7F2N3O. The minimum Gasteiger partial charge on any atom is -0.320 e. The highest BCUT2D eigenvalue weighted by atomic mass is 19.1. The Balaban J connectivity index is 2.37. The summed E-state index contributed by atoms with van der Waals surface area (Å²) in [6, 6.07) is 6.49. The van der Waals surface area contributed by atoms with E-state index in [4.69, 9.17) is 5.26 Å². The average Bonchev–Trinajstić information content (AvgIpc) is 2.40. The molecule has 1 heterocycles. The Kier molecular flexibility index (Phi) is 3.48. The van der Waals surface area contributed by atoms with Crippen molar-refractivity contribution in [3.63, 3.8) is 0 Å². The van der Waals surface area contributed by atoms with Crippen molar-refractivity contribution < 1.29 is 13.6 Å². The molecule has 1 amide bonds. The van der Waals surface area contributed by atoms with Crippen LogP contribution in [-0.4, -0.2) is 10.9 Å². The molecule has 0 radical (unpaired) electrons. The number of nitriles is 1. The molecule has 0 aliphatic carbocycles. The van der Waals surface area contributed by atoms with Crippen LogP contribution in [0.1, 0.15) is 15.9 Å². The van der Waals surface area contributed by atoms with Crippen LogP contribution in [0.25, 0.3) is 0 Å². The highest BCUT2D eigenvalue weighted by molar-refractivity contribution is 6.04. The molecule has 6 heteroatoms. The predicted octanol–water partition coefficient (Wildman–Crippen LogP) is 2.48. The summed E-state index contributed by atoms with van der Waals surface area (Å²) in [7, 11) is 0. The third-order valence-corrected chi connectivity index (χ3v) is 2.36. The largest absolute Gasteiger partial charge is 0.320 e. The molecule has 0 saturated heterocycles. The number of rotatable bonds is 2. The van der Waals surface area contributed by atoms with E-state index in [0.29, 0.717) is 5.69 Å². The number of carbonyl (C=O) groups is 1. The SMILES string of the molecule is N#Cc1ccc(F)c(C(=O)Nc2cccnc2)c1F. The molecule has 1 aromatic heterocycles. The fourth-order valence-electron chi connectivity index (χ4n) is 1.48. The summed E-state index contributed by atoms with van der Waals surface area (Å²) in [4.78, 5) is 15.6. The Labute approximate surface area is 107 Å². The number of nitrogens with zero attached hydrogens (tertiary/aromatic N) is 2. The molecule has 0 saturated carbocycles. The molecule has 0 spiro atoms. The second-order valence-electron chi connectivity index (χ2n) is 3.59. The summed E-state index contributed by atoms with van der Waals surface area (Å²) < 4.78 is 27.2. The van der Waals surface area contributed by atoms with Gasteiger partial charge in [0.15, 0.2) is 5.82 Å². The third kappa shape index (κ3) is 2.55. The predicted molar refractivity (Wildman–Crippen MR) is 63.3 cm³/mol. The van der Waals surface area contributed by atoms with E-state index in [9.17, 15) is 13.6 Å². The molecule has 1 aromatic carbocycles. The average molecular weight is 259 g/mol. The lowest BCUT2D eigenvalue weighted by Crippen LogP contribution is -2.16. The Morgan fingerprint density at radius 3 is 2.74 bits per heavy atom. The zero-order valence-electron chi connectivity index (χ0n) is 9.52. The van der Waals surface area contributed by atoms with E-state index in [1.165, 1.54) is 18.5 Å². The van der Waals surface area contributed by atoms with Crippen molar-refractivity contribution in [2.24, 2.45) is 0 Å². The molecule has 0 fully saturated rings. The maximum atomic E-state index is 13.7. The Bertz CT molecular complexity index is 666. The maximum Gasteiger partial charge on any atom is 0.261 e. The van der Waals surface area contributed by atoms with E-state index < -0.39 is 28.7 Å². The number of nitrogens with one attached hydrogen (secondary N) is 1. The van der Waals surface area contributed by atoms with E-state index in [0.717, 1.165) is 12.1 Å². The van der Waals surface area contributed by atoms with Crippen molar-refractivity contribution in [3.05, 3.63) is 59.4 Å². The lowest BCUT2D eigenvalue weighted by atomic mass is 10.1. The van der Waals surface area contributed by atoms with Crippen LogP contribution < -0.4 is 5.32 Å². The van der Waals surface area contributed by atoms with Crippen LogP contribution in [0.5, 0.6) is 0 Å². The second-order valence-corrected chi connectivity index (χ2v) is 3.59. The first-order valence-electron chi connectivity index (χ1n) is 5.23. The summed E-state index contributed by atoms with van der Waals surface area (Å²) in [5, 5.41) is 11.0. The first-order valence-corrected chi connectivity index (χ1v) is 5.23. The fourth-order valence-corrected chi connectivity index (χ4v) is 1.48. The molecular weight excluding hydrogens is 252 g/mol. The molecule has 19 heavy (non-hydrogen) atoms. The van der Waals surface area contributed by atoms with E-state index in [1.54, 1.807) is 12.1 Å². The van der Waals surface area contributed by atoms with Gasteiger partial charge in [-0.05, 0) is 24.3 Å². The van der Waals surface area contributed by atoms with Gasteiger partial charge in [-0.25, -0.2) is 8.78 Å². The molecule has 2 aromatic rings. The zero-order chi connectivity index (χ0) is 13.8. The number of aromatic nitrogens is 1. The van der Waals surface area contributed by atoms with E-state index in [-0.39, 0.29) is 0 Å². The first kappa shape index (κ1) is 12.6. The minimum absolute atomic E-state index is 0.300. The summed E-state index contributed by atoms with van der Waals surface area (Å²) in [6.45, 7) is 0.